The minimum atomic E-state index is -0.291. The Morgan fingerprint density at radius 3 is 3.35 bits per heavy atom. The van der Waals surface area contributed by atoms with Gasteiger partial charge in [0, 0.05) is 10.9 Å². The highest BCUT2D eigenvalue weighted by molar-refractivity contribution is 7.08. The first-order chi connectivity index (χ1) is 11.3. The summed E-state index contributed by atoms with van der Waals surface area (Å²) in [6.45, 7) is -0.0179. The highest BCUT2D eigenvalue weighted by atomic mass is 32.1. The summed E-state index contributed by atoms with van der Waals surface area (Å²) in [7, 11) is 0. The number of nitrogens with one attached hydrogen (secondary N) is 1. The zero-order valence-corrected chi connectivity index (χ0v) is 13.0. The molecule has 118 valence electrons. The van der Waals surface area contributed by atoms with Crippen LogP contribution in [0.3, 0.4) is 0 Å². The van der Waals surface area contributed by atoms with E-state index in [0.717, 1.165) is 36.1 Å². The molecule has 0 unspecified atom stereocenters. The van der Waals surface area contributed by atoms with Crippen LogP contribution in [-0.2, 0) is 22.6 Å². The summed E-state index contributed by atoms with van der Waals surface area (Å²) in [6, 6.07) is 1.91. The second-order valence-electron chi connectivity index (χ2n) is 5.39. The Labute approximate surface area is 135 Å². The lowest BCUT2D eigenvalue weighted by atomic mass is 9.88. The van der Waals surface area contributed by atoms with Crippen LogP contribution < -0.4 is 0 Å². The third-order valence-electron chi connectivity index (χ3n) is 3.91. The Kier molecular flexibility index (Phi) is 3.66. The summed E-state index contributed by atoms with van der Waals surface area (Å²) in [6.07, 6.45) is 4.44. The van der Waals surface area contributed by atoms with Gasteiger partial charge in [0.05, 0.1) is 17.8 Å². The molecule has 8 heteroatoms. The van der Waals surface area contributed by atoms with E-state index in [2.05, 4.69) is 20.3 Å². The van der Waals surface area contributed by atoms with Crippen molar-refractivity contribution < 1.29 is 14.1 Å². The quantitative estimate of drug-likeness (QED) is 0.739. The monoisotopic (exact) mass is 330 g/mol. The van der Waals surface area contributed by atoms with Crippen molar-refractivity contribution in [2.75, 3.05) is 0 Å². The molecule has 4 rings (SSSR count). The highest BCUT2D eigenvalue weighted by Gasteiger charge is 2.29. The topological polar surface area (TPSA) is 93.9 Å². The van der Waals surface area contributed by atoms with E-state index in [-0.39, 0.29) is 18.5 Å². The Balaban J connectivity index is 1.41. The number of carbonyl (C=O) groups excluding carboxylic acids is 1. The standard InChI is InChI=1S/C15H14N4O3S/c20-15(11-3-1-2-9-6-16-18-13(9)11)21-7-12-17-14(19-22-12)10-4-5-23-8-10/h4-6,8,11H,1-3,7H2,(H,16,18)/t11-/m1/s1. The van der Waals surface area contributed by atoms with Gasteiger partial charge in [-0.25, -0.2) is 0 Å². The number of esters is 1. The van der Waals surface area contributed by atoms with Gasteiger partial charge in [-0.1, -0.05) is 5.16 Å². The molecule has 0 amide bonds. The minimum absolute atomic E-state index is 0.0179. The van der Waals surface area contributed by atoms with Crippen molar-refractivity contribution in [2.45, 2.75) is 31.8 Å². The van der Waals surface area contributed by atoms with Crippen molar-refractivity contribution in [3.05, 3.63) is 40.2 Å². The molecule has 0 bridgehead atoms. The molecule has 0 saturated heterocycles. The molecule has 23 heavy (non-hydrogen) atoms. The van der Waals surface area contributed by atoms with E-state index in [1.807, 2.05) is 16.8 Å². The summed E-state index contributed by atoms with van der Waals surface area (Å²) < 4.78 is 10.5. The Hall–Kier alpha value is -2.48. The largest absolute Gasteiger partial charge is 0.455 e. The van der Waals surface area contributed by atoms with Gasteiger partial charge in [0.2, 0.25) is 5.82 Å². The van der Waals surface area contributed by atoms with Crippen LogP contribution in [0.25, 0.3) is 11.4 Å². The number of fused-ring (bicyclic) bond motifs is 1. The van der Waals surface area contributed by atoms with E-state index in [1.54, 1.807) is 17.5 Å². The summed E-state index contributed by atoms with van der Waals surface area (Å²) in [5.74, 6) is 0.219. The maximum Gasteiger partial charge on any atom is 0.315 e. The van der Waals surface area contributed by atoms with Crippen LogP contribution in [0.1, 0.15) is 35.9 Å². The van der Waals surface area contributed by atoms with Gasteiger partial charge < -0.3 is 9.26 Å². The van der Waals surface area contributed by atoms with Gasteiger partial charge in [-0.3, -0.25) is 9.89 Å². The smallest absolute Gasteiger partial charge is 0.315 e. The van der Waals surface area contributed by atoms with E-state index < -0.39 is 0 Å². The van der Waals surface area contributed by atoms with E-state index in [0.29, 0.717) is 11.7 Å². The molecule has 1 atom stereocenters. The SMILES string of the molecule is O=C(OCc1nc(-c2ccsc2)no1)[C@@H]1CCCc2cn[nH]c21. The van der Waals surface area contributed by atoms with Gasteiger partial charge >= 0.3 is 5.97 Å². The zero-order valence-electron chi connectivity index (χ0n) is 12.2. The molecule has 0 aliphatic heterocycles. The molecule has 0 radical (unpaired) electrons. The Morgan fingerprint density at radius 2 is 2.48 bits per heavy atom. The maximum absolute atomic E-state index is 12.3. The molecule has 1 aliphatic rings. The van der Waals surface area contributed by atoms with Crippen molar-refractivity contribution in [3.63, 3.8) is 0 Å². The van der Waals surface area contributed by atoms with Crippen LogP contribution in [0.2, 0.25) is 0 Å². The predicted molar refractivity (Wildman–Crippen MR) is 81.7 cm³/mol. The van der Waals surface area contributed by atoms with Crippen LogP contribution in [0, 0.1) is 0 Å². The number of rotatable bonds is 4. The van der Waals surface area contributed by atoms with Crippen LogP contribution >= 0.6 is 11.3 Å². The van der Waals surface area contributed by atoms with E-state index in [1.165, 1.54) is 0 Å². The zero-order chi connectivity index (χ0) is 15.6. The molecule has 0 aromatic carbocycles. The maximum atomic E-state index is 12.3. The van der Waals surface area contributed by atoms with Gasteiger partial charge in [-0.15, -0.1) is 0 Å². The summed E-state index contributed by atoms with van der Waals surface area (Å²) in [5, 5.41) is 14.7. The molecule has 0 fully saturated rings. The number of thiophene rings is 1. The summed E-state index contributed by atoms with van der Waals surface area (Å²) in [5.41, 5.74) is 2.85. The molecule has 3 heterocycles. The van der Waals surface area contributed by atoms with Crippen molar-refractivity contribution in [1.82, 2.24) is 20.3 Å². The molecule has 7 nitrogen and oxygen atoms in total. The third kappa shape index (κ3) is 2.77. The van der Waals surface area contributed by atoms with Crippen LogP contribution in [0.4, 0.5) is 0 Å². The number of H-pyrrole nitrogens is 1. The number of hydrogen-bond acceptors (Lipinski definition) is 7. The molecule has 3 aromatic rings. The average Bonchev–Trinajstić information content (AvgIpc) is 3.32. The fourth-order valence-corrected chi connectivity index (χ4v) is 3.39. The first kappa shape index (κ1) is 14.1. The van der Waals surface area contributed by atoms with Crippen molar-refractivity contribution in [1.29, 1.82) is 0 Å². The molecule has 1 N–H and O–H groups in total. The number of carbonyl (C=O) groups is 1. The Bertz CT molecular complexity index is 808. The fraction of sp³-hybridized carbons (Fsp3) is 0.333. The first-order valence-electron chi connectivity index (χ1n) is 7.35. The third-order valence-corrected chi connectivity index (χ3v) is 4.59. The van der Waals surface area contributed by atoms with Crippen molar-refractivity contribution in [3.8, 4) is 11.4 Å². The number of hydrogen-bond donors (Lipinski definition) is 1. The van der Waals surface area contributed by atoms with E-state index in [4.69, 9.17) is 9.26 Å². The highest BCUT2D eigenvalue weighted by Crippen LogP contribution is 2.31. The van der Waals surface area contributed by atoms with Gasteiger partial charge in [-0.05, 0) is 36.3 Å². The van der Waals surface area contributed by atoms with Gasteiger partial charge in [0.25, 0.3) is 5.89 Å². The van der Waals surface area contributed by atoms with Crippen LogP contribution in [-0.4, -0.2) is 26.3 Å². The lowest BCUT2D eigenvalue weighted by Gasteiger charge is -2.19. The average molecular weight is 330 g/mol. The van der Waals surface area contributed by atoms with Gasteiger partial charge in [-0.2, -0.15) is 21.4 Å². The van der Waals surface area contributed by atoms with Crippen LogP contribution in [0.5, 0.6) is 0 Å². The second kappa shape index (κ2) is 5.96. The van der Waals surface area contributed by atoms with Gasteiger partial charge in [0.1, 0.15) is 0 Å². The predicted octanol–water partition coefficient (Wildman–Crippen LogP) is 2.68. The summed E-state index contributed by atoms with van der Waals surface area (Å²) in [4.78, 5) is 16.5. The van der Waals surface area contributed by atoms with E-state index >= 15 is 0 Å². The molecular weight excluding hydrogens is 316 g/mol. The second-order valence-corrected chi connectivity index (χ2v) is 6.17. The normalized spacial score (nSPS) is 17.0. The number of aryl methyl sites for hydroxylation is 1. The number of nitrogens with zero attached hydrogens (tertiary/aromatic N) is 3. The molecule has 0 spiro atoms. The molecule has 3 aromatic heterocycles. The minimum Gasteiger partial charge on any atom is -0.455 e. The fourth-order valence-electron chi connectivity index (χ4n) is 2.75. The summed E-state index contributed by atoms with van der Waals surface area (Å²) >= 11 is 1.56. The van der Waals surface area contributed by atoms with Crippen molar-refractivity contribution in [2.24, 2.45) is 0 Å². The molecule has 1 aliphatic carbocycles. The number of aromatic amines is 1. The molecular formula is C15H14N4O3S. The van der Waals surface area contributed by atoms with E-state index in [9.17, 15) is 4.79 Å². The molecule has 0 saturated carbocycles. The first-order valence-corrected chi connectivity index (χ1v) is 8.29. The number of ether oxygens (including phenoxy) is 1. The number of aromatic nitrogens is 4. The lowest BCUT2D eigenvalue weighted by Crippen LogP contribution is -2.20. The lowest BCUT2D eigenvalue weighted by molar-refractivity contribution is -0.148. The van der Waals surface area contributed by atoms with Crippen LogP contribution in [0.15, 0.2) is 27.5 Å². The Morgan fingerprint density at radius 1 is 1.52 bits per heavy atom. The van der Waals surface area contributed by atoms with Crippen molar-refractivity contribution >= 4 is 17.3 Å². The van der Waals surface area contributed by atoms with Gasteiger partial charge in [0.15, 0.2) is 6.61 Å².